The Bertz CT molecular complexity index is 1110. The number of aromatic nitrogens is 3. The Morgan fingerprint density at radius 2 is 1.83 bits per heavy atom. The first-order valence-corrected chi connectivity index (χ1v) is 8.87. The van der Waals surface area contributed by atoms with Crippen molar-refractivity contribution in [3.8, 4) is 11.4 Å². The molecule has 0 unspecified atom stereocenters. The molecule has 1 aromatic heterocycles. The Morgan fingerprint density at radius 3 is 2.53 bits per heavy atom. The molecule has 0 aliphatic carbocycles. The summed E-state index contributed by atoms with van der Waals surface area (Å²) in [7, 11) is 0. The van der Waals surface area contributed by atoms with E-state index in [4.69, 9.17) is 0 Å². The predicted molar refractivity (Wildman–Crippen MR) is 99.7 cm³/mol. The smallest absolute Gasteiger partial charge is 0.352 e. The van der Waals surface area contributed by atoms with Gasteiger partial charge in [-0.3, -0.25) is 9.59 Å². The molecule has 156 valence electrons. The highest BCUT2D eigenvalue weighted by Gasteiger charge is 2.30. The lowest BCUT2D eigenvalue weighted by Gasteiger charge is -2.09. The van der Waals surface area contributed by atoms with Gasteiger partial charge in [-0.1, -0.05) is 24.3 Å². The van der Waals surface area contributed by atoms with Crippen molar-refractivity contribution < 1.29 is 22.4 Å². The molecular formula is C20H16F4N4O2. The van der Waals surface area contributed by atoms with Crippen molar-refractivity contribution in [1.82, 2.24) is 20.5 Å². The summed E-state index contributed by atoms with van der Waals surface area (Å²) in [5.41, 5.74) is -1.03. The summed E-state index contributed by atoms with van der Waals surface area (Å²) in [6.07, 6.45) is -4.61. The number of aromatic amines is 1. The number of hydrogen-bond acceptors (Lipinski definition) is 4. The maximum Gasteiger partial charge on any atom is 0.416 e. The van der Waals surface area contributed by atoms with Gasteiger partial charge in [-0.15, -0.1) is 10.2 Å². The quantitative estimate of drug-likeness (QED) is 0.600. The Hall–Kier alpha value is -3.56. The maximum absolute atomic E-state index is 13.8. The number of hydrogen-bond donors (Lipinski definition) is 2. The second kappa shape index (κ2) is 8.85. The molecular weight excluding hydrogens is 404 g/mol. The highest BCUT2D eigenvalue weighted by molar-refractivity contribution is 5.76. The number of carbonyl (C=O) groups is 1. The first-order chi connectivity index (χ1) is 14.2. The summed E-state index contributed by atoms with van der Waals surface area (Å²) < 4.78 is 51.9. The minimum Gasteiger partial charge on any atom is -0.352 e. The monoisotopic (exact) mass is 420 g/mol. The first kappa shape index (κ1) is 21.2. The molecule has 2 aromatic carbocycles. The Kier molecular flexibility index (Phi) is 6.24. The Balaban J connectivity index is 1.58. The van der Waals surface area contributed by atoms with Crippen molar-refractivity contribution in [2.75, 3.05) is 0 Å². The molecule has 0 saturated heterocycles. The number of carbonyl (C=O) groups excluding carboxylic acids is 1. The number of nitrogens with one attached hydrogen (secondary N) is 2. The third kappa shape index (κ3) is 5.28. The van der Waals surface area contributed by atoms with Crippen LogP contribution in [0.1, 0.15) is 23.2 Å². The van der Waals surface area contributed by atoms with Crippen LogP contribution in [0.3, 0.4) is 0 Å². The molecule has 0 aliphatic heterocycles. The third-order valence-corrected chi connectivity index (χ3v) is 4.23. The maximum atomic E-state index is 13.8. The lowest BCUT2D eigenvalue weighted by Crippen LogP contribution is -2.25. The lowest BCUT2D eigenvalue weighted by molar-refractivity contribution is -0.137. The summed E-state index contributed by atoms with van der Waals surface area (Å²) >= 11 is 0. The van der Waals surface area contributed by atoms with Crippen LogP contribution in [-0.2, 0) is 23.9 Å². The van der Waals surface area contributed by atoms with E-state index >= 15 is 0 Å². The van der Waals surface area contributed by atoms with Gasteiger partial charge < -0.3 is 10.3 Å². The van der Waals surface area contributed by atoms with Gasteiger partial charge in [0.1, 0.15) is 11.5 Å². The standard InChI is InChI=1S/C20H16F4N4O2/c21-15-7-2-1-6-14(15)18-26-19(30)16(27-28-18)8-9-17(29)25-11-12-4-3-5-13(10-12)20(22,23)24/h1-7,10H,8-9,11H2,(H,25,29)(H,26,28,30). The summed E-state index contributed by atoms with van der Waals surface area (Å²) in [5, 5.41) is 10.0. The van der Waals surface area contributed by atoms with Crippen molar-refractivity contribution >= 4 is 5.91 Å². The highest BCUT2D eigenvalue weighted by Crippen LogP contribution is 2.29. The number of rotatable bonds is 6. The van der Waals surface area contributed by atoms with Crippen LogP contribution in [0.5, 0.6) is 0 Å². The van der Waals surface area contributed by atoms with Gasteiger partial charge in [-0.2, -0.15) is 13.2 Å². The van der Waals surface area contributed by atoms with E-state index in [1.54, 1.807) is 6.07 Å². The van der Waals surface area contributed by atoms with E-state index in [9.17, 15) is 27.2 Å². The minimum absolute atomic E-state index is 0.00990. The zero-order valence-electron chi connectivity index (χ0n) is 15.5. The van der Waals surface area contributed by atoms with Crippen molar-refractivity contribution in [2.45, 2.75) is 25.6 Å². The largest absolute Gasteiger partial charge is 0.416 e. The summed E-state index contributed by atoms with van der Waals surface area (Å²) in [6.45, 7) is -0.0863. The van der Waals surface area contributed by atoms with Crippen molar-refractivity contribution in [2.24, 2.45) is 0 Å². The molecule has 0 radical (unpaired) electrons. The molecule has 0 aliphatic rings. The molecule has 30 heavy (non-hydrogen) atoms. The van der Waals surface area contributed by atoms with Gasteiger partial charge >= 0.3 is 6.18 Å². The predicted octanol–water partition coefficient (Wildman–Crippen LogP) is 3.24. The summed E-state index contributed by atoms with van der Waals surface area (Å²) in [6, 6.07) is 10.4. The molecule has 0 spiro atoms. The average Bonchev–Trinajstić information content (AvgIpc) is 2.71. The fourth-order valence-electron chi connectivity index (χ4n) is 2.68. The van der Waals surface area contributed by atoms with Gasteiger partial charge in [0.25, 0.3) is 5.56 Å². The number of benzene rings is 2. The van der Waals surface area contributed by atoms with Crippen molar-refractivity contribution in [1.29, 1.82) is 0 Å². The summed E-state index contributed by atoms with van der Waals surface area (Å²) in [5.74, 6) is -1.06. The van der Waals surface area contributed by atoms with Crippen LogP contribution < -0.4 is 10.9 Å². The molecule has 1 amide bonds. The van der Waals surface area contributed by atoms with E-state index in [0.29, 0.717) is 5.56 Å². The number of nitrogens with zero attached hydrogens (tertiary/aromatic N) is 2. The molecule has 10 heteroatoms. The second-order valence-electron chi connectivity index (χ2n) is 6.40. The lowest BCUT2D eigenvalue weighted by atomic mass is 10.1. The van der Waals surface area contributed by atoms with Crippen LogP contribution in [0.2, 0.25) is 0 Å². The van der Waals surface area contributed by atoms with Gasteiger partial charge in [-0.25, -0.2) is 4.39 Å². The fourth-order valence-corrected chi connectivity index (χ4v) is 2.68. The zero-order valence-corrected chi connectivity index (χ0v) is 15.5. The second-order valence-corrected chi connectivity index (χ2v) is 6.40. The molecule has 0 saturated carbocycles. The molecule has 0 fully saturated rings. The van der Waals surface area contributed by atoms with Crippen molar-refractivity contribution in [3.63, 3.8) is 0 Å². The van der Waals surface area contributed by atoms with Crippen LogP contribution in [0.4, 0.5) is 17.6 Å². The van der Waals surface area contributed by atoms with E-state index < -0.39 is 29.0 Å². The molecule has 2 N–H and O–H groups in total. The fraction of sp³-hybridized carbons (Fsp3) is 0.200. The van der Waals surface area contributed by atoms with Gasteiger partial charge in [-0.05, 0) is 29.8 Å². The third-order valence-electron chi connectivity index (χ3n) is 4.23. The van der Waals surface area contributed by atoms with Crippen LogP contribution >= 0.6 is 0 Å². The SMILES string of the molecule is O=C(CCc1nnc(-c2ccccc2F)[nH]c1=O)NCc1cccc(C(F)(F)F)c1. The number of H-pyrrole nitrogens is 1. The molecule has 0 bridgehead atoms. The summed E-state index contributed by atoms with van der Waals surface area (Å²) in [4.78, 5) is 26.5. The van der Waals surface area contributed by atoms with E-state index in [1.165, 1.54) is 30.3 Å². The minimum atomic E-state index is -4.46. The first-order valence-electron chi connectivity index (χ1n) is 8.87. The van der Waals surface area contributed by atoms with Crippen molar-refractivity contribution in [3.05, 3.63) is 81.5 Å². The zero-order chi connectivity index (χ0) is 21.7. The highest BCUT2D eigenvalue weighted by atomic mass is 19.4. The van der Waals surface area contributed by atoms with Gasteiger partial charge in [0.2, 0.25) is 5.91 Å². The Labute approximate surface area is 168 Å². The van der Waals surface area contributed by atoms with E-state index in [-0.39, 0.29) is 36.5 Å². The number of amides is 1. The van der Waals surface area contributed by atoms with E-state index in [2.05, 4.69) is 20.5 Å². The van der Waals surface area contributed by atoms with E-state index in [1.807, 2.05) is 0 Å². The molecule has 1 heterocycles. The Morgan fingerprint density at radius 1 is 1.07 bits per heavy atom. The van der Waals surface area contributed by atoms with Crippen LogP contribution in [0, 0.1) is 5.82 Å². The van der Waals surface area contributed by atoms with E-state index in [0.717, 1.165) is 12.1 Å². The van der Waals surface area contributed by atoms with Gasteiger partial charge in [0.15, 0.2) is 5.82 Å². The molecule has 0 atom stereocenters. The van der Waals surface area contributed by atoms with Crippen LogP contribution in [0.25, 0.3) is 11.4 Å². The average molecular weight is 420 g/mol. The number of aryl methyl sites for hydroxylation is 1. The molecule has 3 aromatic rings. The number of halogens is 4. The normalized spacial score (nSPS) is 11.3. The molecule has 6 nitrogen and oxygen atoms in total. The van der Waals surface area contributed by atoms with Crippen LogP contribution in [0.15, 0.2) is 53.3 Å². The number of alkyl halides is 3. The van der Waals surface area contributed by atoms with Gasteiger partial charge in [0, 0.05) is 19.4 Å². The topological polar surface area (TPSA) is 87.7 Å². The van der Waals surface area contributed by atoms with Crippen LogP contribution in [-0.4, -0.2) is 21.1 Å². The molecule has 3 rings (SSSR count). The van der Waals surface area contributed by atoms with Gasteiger partial charge in [0.05, 0.1) is 11.1 Å².